The largest absolute Gasteiger partial charge is 0.481 e. The van der Waals surface area contributed by atoms with Crippen LogP contribution >= 0.6 is 24.0 Å². The second kappa shape index (κ2) is 10.2. The molecule has 11 heteroatoms. The first-order valence-corrected chi connectivity index (χ1v) is 8.77. The molecule has 2 heterocycles. The molecule has 3 aromatic rings. The Kier molecular flexibility index (Phi) is 7.99. The number of aromatic nitrogens is 3. The van der Waals surface area contributed by atoms with Gasteiger partial charge in [0.05, 0.1) is 11.4 Å². The third-order valence-electron chi connectivity index (χ3n) is 3.79. The van der Waals surface area contributed by atoms with Crippen molar-refractivity contribution in [3.8, 4) is 23.0 Å². The highest BCUT2D eigenvalue weighted by Crippen LogP contribution is 2.29. The van der Waals surface area contributed by atoms with E-state index in [4.69, 9.17) is 27.2 Å². The summed E-state index contributed by atoms with van der Waals surface area (Å²) in [6, 6.07) is 5.94. The Balaban J connectivity index is 0.00000320. The van der Waals surface area contributed by atoms with Crippen molar-refractivity contribution in [2.75, 3.05) is 0 Å². The molecule has 7 nitrogen and oxygen atoms in total. The Morgan fingerprint density at radius 3 is 2.63 bits per heavy atom. The van der Waals surface area contributed by atoms with Gasteiger partial charge in [0.25, 0.3) is 5.88 Å². The van der Waals surface area contributed by atoms with Crippen LogP contribution in [0.3, 0.4) is 0 Å². The summed E-state index contributed by atoms with van der Waals surface area (Å²) in [5.74, 6) is -3.01. The van der Waals surface area contributed by atoms with E-state index in [9.17, 15) is 13.6 Å². The molecule has 0 bridgehead atoms. The number of pyridine rings is 1. The van der Waals surface area contributed by atoms with Crippen molar-refractivity contribution in [2.45, 2.75) is 18.9 Å². The van der Waals surface area contributed by atoms with E-state index in [1.165, 1.54) is 24.5 Å². The number of hydrogen-bond donors (Lipinski definition) is 2. The normalized spacial score (nSPS) is 11.5. The van der Waals surface area contributed by atoms with Crippen molar-refractivity contribution >= 4 is 30.0 Å². The fraction of sp³-hybridized carbons (Fsp3) is 0.158. The van der Waals surface area contributed by atoms with Crippen LogP contribution in [-0.2, 0) is 11.2 Å². The lowest BCUT2D eigenvalue weighted by Gasteiger charge is -2.10. The molecule has 1 unspecified atom stereocenters. The maximum atomic E-state index is 14.4. The molecule has 0 spiro atoms. The van der Waals surface area contributed by atoms with Gasteiger partial charge in [0.2, 0.25) is 0 Å². The van der Waals surface area contributed by atoms with Gasteiger partial charge >= 0.3 is 5.97 Å². The van der Waals surface area contributed by atoms with Gasteiger partial charge in [-0.05, 0) is 30.3 Å². The lowest BCUT2D eigenvalue weighted by molar-refractivity contribution is -0.137. The summed E-state index contributed by atoms with van der Waals surface area (Å²) < 4.78 is 33.4. The smallest absolute Gasteiger partial charge is 0.304 e. The van der Waals surface area contributed by atoms with Gasteiger partial charge in [-0.15, -0.1) is 12.4 Å². The summed E-state index contributed by atoms with van der Waals surface area (Å²) in [7, 11) is 0. The average Bonchev–Trinajstić information content (AvgIpc) is 2.65. The van der Waals surface area contributed by atoms with Gasteiger partial charge in [0.1, 0.15) is 0 Å². The van der Waals surface area contributed by atoms with Crippen LogP contribution in [0.1, 0.15) is 12.1 Å². The van der Waals surface area contributed by atoms with E-state index in [-0.39, 0.29) is 41.8 Å². The number of carboxylic acids is 1. The number of benzene rings is 1. The molecule has 0 aliphatic rings. The summed E-state index contributed by atoms with van der Waals surface area (Å²) in [4.78, 5) is 22.8. The molecular weight excluding hydrogens is 441 g/mol. The van der Waals surface area contributed by atoms with E-state index >= 15 is 0 Å². The lowest BCUT2D eigenvalue weighted by Crippen LogP contribution is -2.26. The molecule has 0 aliphatic heterocycles. The van der Waals surface area contributed by atoms with Crippen LogP contribution in [0.2, 0.25) is 5.02 Å². The Morgan fingerprint density at radius 2 is 1.97 bits per heavy atom. The maximum Gasteiger partial charge on any atom is 0.304 e. The lowest BCUT2D eigenvalue weighted by atomic mass is 10.1. The predicted octanol–water partition coefficient (Wildman–Crippen LogP) is 4.03. The van der Waals surface area contributed by atoms with Gasteiger partial charge in [-0.1, -0.05) is 11.6 Å². The van der Waals surface area contributed by atoms with E-state index in [1.807, 2.05) is 0 Å². The maximum absolute atomic E-state index is 14.4. The highest BCUT2D eigenvalue weighted by atomic mass is 35.5. The zero-order valence-corrected chi connectivity index (χ0v) is 16.8. The van der Waals surface area contributed by atoms with E-state index in [1.54, 1.807) is 6.07 Å². The van der Waals surface area contributed by atoms with Crippen LogP contribution in [0.25, 0.3) is 11.4 Å². The van der Waals surface area contributed by atoms with Gasteiger partial charge in [0.15, 0.2) is 23.2 Å². The third kappa shape index (κ3) is 6.06. The van der Waals surface area contributed by atoms with Crippen molar-refractivity contribution in [3.05, 3.63) is 65.1 Å². The topological polar surface area (TPSA) is 111 Å². The van der Waals surface area contributed by atoms with Crippen LogP contribution in [0.4, 0.5) is 8.78 Å². The van der Waals surface area contributed by atoms with E-state index in [0.29, 0.717) is 11.3 Å². The molecular formula is C19H16Cl2F2N4O3. The first-order chi connectivity index (χ1) is 13.8. The molecule has 3 rings (SSSR count). The van der Waals surface area contributed by atoms with E-state index < -0.39 is 29.5 Å². The first kappa shape index (κ1) is 23.4. The second-order valence-corrected chi connectivity index (χ2v) is 6.56. The zero-order valence-electron chi connectivity index (χ0n) is 15.3. The summed E-state index contributed by atoms with van der Waals surface area (Å²) in [6.45, 7) is 0. The van der Waals surface area contributed by atoms with Crippen LogP contribution in [0.15, 0.2) is 42.7 Å². The van der Waals surface area contributed by atoms with E-state index in [0.717, 1.165) is 12.1 Å². The number of aliphatic carboxylic acids is 1. The fourth-order valence-electron chi connectivity index (χ4n) is 2.52. The molecule has 30 heavy (non-hydrogen) atoms. The van der Waals surface area contributed by atoms with Gasteiger partial charge in [-0.2, -0.15) is 0 Å². The number of hydrogen-bond acceptors (Lipinski definition) is 6. The molecule has 1 atom stereocenters. The third-order valence-corrected chi connectivity index (χ3v) is 4.00. The minimum atomic E-state index is -1.00. The van der Waals surface area contributed by atoms with Gasteiger partial charge < -0.3 is 15.6 Å². The van der Waals surface area contributed by atoms with Crippen molar-refractivity contribution < 1.29 is 23.4 Å². The molecule has 158 valence electrons. The molecule has 2 aromatic heterocycles. The zero-order chi connectivity index (χ0) is 21.0. The minimum Gasteiger partial charge on any atom is -0.481 e. The number of nitrogens with two attached hydrogens (primary N) is 1. The van der Waals surface area contributed by atoms with Crippen molar-refractivity contribution in [3.63, 3.8) is 0 Å². The summed E-state index contributed by atoms with van der Waals surface area (Å²) in [6.07, 6.45) is 2.68. The quantitative estimate of drug-likeness (QED) is 0.551. The second-order valence-electron chi connectivity index (χ2n) is 6.12. The Morgan fingerprint density at radius 1 is 1.20 bits per heavy atom. The molecule has 0 saturated carbocycles. The molecule has 0 aliphatic carbocycles. The molecule has 0 saturated heterocycles. The van der Waals surface area contributed by atoms with Gasteiger partial charge in [0, 0.05) is 36.1 Å². The molecule has 0 radical (unpaired) electrons. The predicted molar refractivity (Wildman–Crippen MR) is 108 cm³/mol. The Hall–Kier alpha value is -2.88. The summed E-state index contributed by atoms with van der Waals surface area (Å²) in [5.41, 5.74) is 6.65. The number of carbonyl (C=O) groups is 1. The van der Waals surface area contributed by atoms with Crippen molar-refractivity contribution in [1.82, 2.24) is 15.0 Å². The summed E-state index contributed by atoms with van der Waals surface area (Å²) in [5, 5.41) is 8.88. The van der Waals surface area contributed by atoms with Crippen LogP contribution in [0.5, 0.6) is 11.6 Å². The minimum absolute atomic E-state index is 0. The van der Waals surface area contributed by atoms with Gasteiger partial charge in [-0.3, -0.25) is 4.79 Å². The number of halogens is 4. The first-order valence-electron chi connectivity index (χ1n) is 8.40. The van der Waals surface area contributed by atoms with Crippen molar-refractivity contribution in [1.29, 1.82) is 0 Å². The Bertz CT molecular complexity index is 1060. The summed E-state index contributed by atoms with van der Waals surface area (Å²) >= 11 is 5.63. The van der Waals surface area contributed by atoms with Gasteiger partial charge in [-0.25, -0.2) is 23.7 Å². The highest BCUT2D eigenvalue weighted by molar-refractivity contribution is 6.30. The highest BCUT2D eigenvalue weighted by Gasteiger charge is 2.14. The fourth-order valence-corrected chi connectivity index (χ4v) is 2.66. The van der Waals surface area contributed by atoms with E-state index in [2.05, 4.69) is 15.0 Å². The number of nitrogens with zero attached hydrogens (tertiary/aromatic N) is 3. The SMILES string of the molecule is Cl.NC(CC(=O)O)Cc1ccnc(-c2ccc(Oc3ncc(Cl)cc3F)c(F)c2)n1. The standard InChI is InChI=1S/C19H15ClF2N4O3.ClH/c20-11-6-15(22)19(25-9-11)29-16-2-1-10(5-14(16)21)18-24-4-3-13(26-18)7-12(23)8-17(27)28;/h1-6,9,12H,7-8,23H2,(H,27,28);1H. The monoisotopic (exact) mass is 456 g/mol. The number of rotatable bonds is 7. The van der Waals surface area contributed by atoms with Crippen LogP contribution in [0, 0.1) is 11.6 Å². The average molecular weight is 457 g/mol. The molecule has 1 aromatic carbocycles. The van der Waals surface area contributed by atoms with Crippen LogP contribution < -0.4 is 10.5 Å². The Labute approximate surface area is 181 Å². The molecule has 0 amide bonds. The van der Waals surface area contributed by atoms with Crippen molar-refractivity contribution in [2.24, 2.45) is 5.73 Å². The molecule has 0 fully saturated rings. The molecule has 3 N–H and O–H groups in total. The number of carboxylic acid groups (broad SMARTS) is 1. The number of ether oxygens (including phenoxy) is 1. The van der Waals surface area contributed by atoms with Crippen LogP contribution in [-0.4, -0.2) is 32.1 Å².